The Morgan fingerprint density at radius 2 is 1.95 bits per heavy atom. The fourth-order valence-electron chi connectivity index (χ4n) is 2.13. The van der Waals surface area contributed by atoms with Crippen LogP contribution in [0.1, 0.15) is 12.8 Å². The third-order valence-electron chi connectivity index (χ3n) is 3.13. The lowest BCUT2D eigenvalue weighted by atomic mass is 10.3. The highest BCUT2D eigenvalue weighted by Gasteiger charge is 2.17. The van der Waals surface area contributed by atoms with Crippen LogP contribution in [0.5, 0.6) is 0 Å². The second-order valence-electron chi connectivity index (χ2n) is 4.75. The van der Waals surface area contributed by atoms with E-state index in [1.807, 2.05) is 29.2 Å². The zero-order chi connectivity index (χ0) is 14.4. The molecule has 0 radical (unpaired) electrons. The number of amides is 2. The third-order valence-corrected chi connectivity index (χ3v) is 3.62. The molecule has 2 N–H and O–H groups in total. The van der Waals surface area contributed by atoms with E-state index in [-0.39, 0.29) is 24.9 Å². The highest BCUT2D eigenvalue weighted by molar-refractivity contribution is 9.10. The van der Waals surface area contributed by atoms with E-state index in [1.165, 1.54) is 0 Å². The molecule has 0 spiro atoms. The first kappa shape index (κ1) is 15.0. The summed E-state index contributed by atoms with van der Waals surface area (Å²) in [5, 5.41) is 5.65. The van der Waals surface area contributed by atoms with Crippen LogP contribution in [-0.4, -0.2) is 42.9 Å². The number of anilines is 1. The van der Waals surface area contributed by atoms with Gasteiger partial charge in [0.1, 0.15) is 0 Å². The topological polar surface area (TPSA) is 61.4 Å². The van der Waals surface area contributed by atoms with Gasteiger partial charge in [-0.1, -0.05) is 22.0 Å². The van der Waals surface area contributed by atoms with Gasteiger partial charge in [-0.25, -0.2) is 0 Å². The predicted octanol–water partition coefficient (Wildman–Crippen LogP) is 1.60. The standard InChI is InChI=1S/C14H18BrN3O2/c15-11-4-3-5-12(8-11)17-13(19)9-16-10-14(20)18-6-1-2-7-18/h3-5,8,16H,1-2,6-7,9-10H2,(H,17,19). The molecule has 1 aromatic rings. The van der Waals surface area contributed by atoms with Gasteiger partial charge in [0.15, 0.2) is 0 Å². The van der Waals surface area contributed by atoms with Crippen LogP contribution in [0.3, 0.4) is 0 Å². The molecule has 5 nitrogen and oxygen atoms in total. The van der Waals surface area contributed by atoms with Crippen LogP contribution in [0.2, 0.25) is 0 Å². The maximum atomic E-state index is 11.8. The smallest absolute Gasteiger partial charge is 0.238 e. The molecule has 0 aromatic heterocycles. The molecule has 2 rings (SSSR count). The summed E-state index contributed by atoms with van der Waals surface area (Å²) >= 11 is 3.34. The quantitative estimate of drug-likeness (QED) is 0.856. The van der Waals surface area contributed by atoms with Gasteiger partial charge in [-0.2, -0.15) is 0 Å². The van der Waals surface area contributed by atoms with Crippen LogP contribution >= 0.6 is 15.9 Å². The van der Waals surface area contributed by atoms with Crippen molar-refractivity contribution >= 4 is 33.4 Å². The van der Waals surface area contributed by atoms with Crippen molar-refractivity contribution in [3.8, 4) is 0 Å². The summed E-state index contributed by atoms with van der Waals surface area (Å²) in [6, 6.07) is 7.39. The van der Waals surface area contributed by atoms with Crippen molar-refractivity contribution in [1.29, 1.82) is 0 Å². The van der Waals surface area contributed by atoms with E-state index >= 15 is 0 Å². The molecule has 0 aliphatic carbocycles. The van der Waals surface area contributed by atoms with Crippen molar-refractivity contribution in [3.63, 3.8) is 0 Å². The van der Waals surface area contributed by atoms with Gasteiger partial charge in [-0.3, -0.25) is 14.9 Å². The lowest BCUT2D eigenvalue weighted by molar-refractivity contribution is -0.129. The maximum Gasteiger partial charge on any atom is 0.238 e. The van der Waals surface area contributed by atoms with E-state index in [1.54, 1.807) is 0 Å². The van der Waals surface area contributed by atoms with Gasteiger partial charge in [-0.15, -0.1) is 0 Å². The molecule has 1 saturated heterocycles. The molecule has 1 aliphatic rings. The molecule has 1 heterocycles. The van der Waals surface area contributed by atoms with E-state index in [4.69, 9.17) is 0 Å². The van der Waals surface area contributed by atoms with Gasteiger partial charge in [-0.05, 0) is 31.0 Å². The molecule has 2 amide bonds. The number of nitrogens with zero attached hydrogens (tertiary/aromatic N) is 1. The van der Waals surface area contributed by atoms with Gasteiger partial charge in [0.25, 0.3) is 0 Å². The Labute approximate surface area is 126 Å². The summed E-state index contributed by atoms with van der Waals surface area (Å²) in [5.41, 5.74) is 0.733. The molecule has 1 aliphatic heterocycles. The number of hydrogen-bond donors (Lipinski definition) is 2. The first-order valence-electron chi connectivity index (χ1n) is 6.69. The van der Waals surface area contributed by atoms with Gasteiger partial charge in [0.05, 0.1) is 13.1 Å². The Balaban J connectivity index is 1.68. The van der Waals surface area contributed by atoms with Crippen molar-refractivity contribution in [2.45, 2.75) is 12.8 Å². The summed E-state index contributed by atoms with van der Waals surface area (Å²) in [6.45, 7) is 2.02. The van der Waals surface area contributed by atoms with Crippen molar-refractivity contribution in [2.24, 2.45) is 0 Å². The first-order valence-corrected chi connectivity index (χ1v) is 7.48. The number of likely N-dealkylation sites (tertiary alicyclic amines) is 1. The van der Waals surface area contributed by atoms with E-state index in [0.717, 1.165) is 36.1 Å². The SMILES string of the molecule is O=C(CNCC(=O)N1CCCC1)Nc1cccc(Br)c1. The third kappa shape index (κ3) is 4.61. The number of hydrogen-bond acceptors (Lipinski definition) is 3. The second-order valence-corrected chi connectivity index (χ2v) is 5.67. The molecule has 1 fully saturated rings. The zero-order valence-corrected chi connectivity index (χ0v) is 12.8. The number of nitrogens with one attached hydrogen (secondary N) is 2. The number of carbonyl (C=O) groups is 2. The molecule has 0 saturated carbocycles. The highest BCUT2D eigenvalue weighted by atomic mass is 79.9. The molecule has 0 atom stereocenters. The Morgan fingerprint density at radius 1 is 1.20 bits per heavy atom. The Hall–Kier alpha value is -1.40. The lowest BCUT2D eigenvalue weighted by Crippen LogP contribution is -2.39. The largest absolute Gasteiger partial charge is 0.342 e. The maximum absolute atomic E-state index is 11.8. The van der Waals surface area contributed by atoms with E-state index in [2.05, 4.69) is 26.6 Å². The van der Waals surface area contributed by atoms with Crippen LogP contribution in [0.25, 0.3) is 0 Å². The van der Waals surface area contributed by atoms with E-state index in [9.17, 15) is 9.59 Å². The Morgan fingerprint density at radius 3 is 2.65 bits per heavy atom. The number of benzene rings is 1. The Kier molecular flexibility index (Phi) is 5.55. The van der Waals surface area contributed by atoms with Crippen molar-refractivity contribution in [1.82, 2.24) is 10.2 Å². The van der Waals surface area contributed by atoms with Crippen molar-refractivity contribution in [2.75, 3.05) is 31.5 Å². The van der Waals surface area contributed by atoms with Crippen LogP contribution in [0, 0.1) is 0 Å². The fraction of sp³-hybridized carbons (Fsp3) is 0.429. The normalized spacial score (nSPS) is 14.3. The van der Waals surface area contributed by atoms with Crippen LogP contribution in [0.4, 0.5) is 5.69 Å². The molecule has 6 heteroatoms. The predicted molar refractivity (Wildman–Crippen MR) is 81.5 cm³/mol. The van der Waals surface area contributed by atoms with Gasteiger partial charge in [0.2, 0.25) is 11.8 Å². The van der Waals surface area contributed by atoms with Gasteiger partial charge in [0, 0.05) is 23.2 Å². The van der Waals surface area contributed by atoms with Crippen LogP contribution < -0.4 is 10.6 Å². The van der Waals surface area contributed by atoms with Gasteiger partial charge >= 0.3 is 0 Å². The minimum absolute atomic E-state index is 0.0674. The fourth-order valence-corrected chi connectivity index (χ4v) is 2.53. The lowest BCUT2D eigenvalue weighted by Gasteiger charge is -2.15. The minimum Gasteiger partial charge on any atom is -0.342 e. The minimum atomic E-state index is -0.155. The summed E-state index contributed by atoms with van der Waals surface area (Å²) in [5.74, 6) is -0.0879. The summed E-state index contributed by atoms with van der Waals surface area (Å²) in [4.78, 5) is 25.3. The summed E-state index contributed by atoms with van der Waals surface area (Å²) in [6.07, 6.45) is 2.16. The molecule has 1 aromatic carbocycles. The highest BCUT2D eigenvalue weighted by Crippen LogP contribution is 2.15. The molecular weight excluding hydrogens is 322 g/mol. The van der Waals surface area contributed by atoms with E-state index in [0.29, 0.717) is 0 Å². The van der Waals surface area contributed by atoms with Crippen LogP contribution in [0.15, 0.2) is 28.7 Å². The van der Waals surface area contributed by atoms with Crippen LogP contribution in [-0.2, 0) is 9.59 Å². The zero-order valence-electron chi connectivity index (χ0n) is 11.2. The number of halogens is 1. The van der Waals surface area contributed by atoms with E-state index < -0.39 is 0 Å². The number of carbonyl (C=O) groups excluding carboxylic acids is 2. The first-order chi connectivity index (χ1) is 9.65. The average molecular weight is 340 g/mol. The molecule has 20 heavy (non-hydrogen) atoms. The van der Waals surface area contributed by atoms with Crippen molar-refractivity contribution < 1.29 is 9.59 Å². The second kappa shape index (κ2) is 7.40. The van der Waals surface area contributed by atoms with Crippen molar-refractivity contribution in [3.05, 3.63) is 28.7 Å². The molecule has 108 valence electrons. The Bertz CT molecular complexity index is 487. The molecular formula is C14H18BrN3O2. The molecule has 0 unspecified atom stereocenters. The summed E-state index contributed by atoms with van der Waals surface area (Å²) < 4.78 is 0.910. The average Bonchev–Trinajstić information content (AvgIpc) is 2.92. The molecule has 0 bridgehead atoms. The summed E-state index contributed by atoms with van der Waals surface area (Å²) in [7, 11) is 0. The number of rotatable bonds is 5. The van der Waals surface area contributed by atoms with Gasteiger partial charge < -0.3 is 10.2 Å². The monoisotopic (exact) mass is 339 g/mol.